The Kier molecular flexibility index (Phi) is 8.11. The van der Waals surface area contributed by atoms with E-state index < -0.39 is 12.0 Å². The quantitative estimate of drug-likeness (QED) is 0.737. The molecule has 0 spiro atoms. The van der Waals surface area contributed by atoms with Crippen molar-refractivity contribution in [3.05, 3.63) is 59.1 Å². The highest BCUT2D eigenvalue weighted by molar-refractivity contribution is 6.30. The number of ether oxygens (including phenoxy) is 1. The summed E-state index contributed by atoms with van der Waals surface area (Å²) in [5.41, 5.74) is 3.35. The number of piperidine rings is 1. The first-order chi connectivity index (χ1) is 12.5. The second kappa shape index (κ2) is 10.1. The lowest BCUT2D eigenvalue weighted by molar-refractivity contribution is -0.143. The van der Waals surface area contributed by atoms with Crippen LogP contribution in [0.15, 0.2) is 48.5 Å². The first kappa shape index (κ1) is 21.7. The summed E-state index contributed by atoms with van der Waals surface area (Å²) in [7, 11) is 0. The van der Waals surface area contributed by atoms with Crippen molar-refractivity contribution in [3.63, 3.8) is 0 Å². The van der Waals surface area contributed by atoms with Gasteiger partial charge in [0.05, 0.1) is 12.7 Å². The molecule has 2 aromatic carbocycles. The van der Waals surface area contributed by atoms with E-state index in [1.807, 2.05) is 35.2 Å². The molecule has 1 unspecified atom stereocenters. The minimum atomic E-state index is -0.764. The predicted molar refractivity (Wildman–Crippen MR) is 111 cm³/mol. The second-order valence-electron chi connectivity index (χ2n) is 6.73. The molecule has 3 rings (SSSR count). The Morgan fingerprint density at radius 2 is 1.93 bits per heavy atom. The van der Waals surface area contributed by atoms with Gasteiger partial charge in [-0.05, 0) is 48.6 Å². The highest BCUT2D eigenvalue weighted by atomic mass is 35.5. The fourth-order valence-electron chi connectivity index (χ4n) is 3.38. The molecular weight excluding hydrogens is 385 g/mol. The first-order valence-corrected chi connectivity index (χ1v) is 9.34. The molecule has 1 saturated heterocycles. The predicted octanol–water partition coefficient (Wildman–Crippen LogP) is 4.88. The Balaban J connectivity index is 0.00000261. The minimum absolute atomic E-state index is 0. The second-order valence-corrected chi connectivity index (χ2v) is 7.16. The van der Waals surface area contributed by atoms with Crippen molar-refractivity contribution in [2.24, 2.45) is 0 Å². The number of aliphatic carboxylic acids is 1. The van der Waals surface area contributed by atoms with Crippen molar-refractivity contribution in [2.75, 3.05) is 13.1 Å². The number of carboxylic acid groups (broad SMARTS) is 1. The monoisotopic (exact) mass is 409 g/mol. The molecule has 0 saturated carbocycles. The number of carboxylic acids is 1. The van der Waals surface area contributed by atoms with Crippen LogP contribution in [-0.2, 0) is 16.1 Å². The van der Waals surface area contributed by atoms with Gasteiger partial charge < -0.3 is 9.84 Å². The molecule has 0 bridgehead atoms. The Bertz CT molecular complexity index is 761. The van der Waals surface area contributed by atoms with E-state index in [9.17, 15) is 4.79 Å². The van der Waals surface area contributed by atoms with Crippen LogP contribution in [0.25, 0.3) is 11.1 Å². The van der Waals surface area contributed by atoms with Crippen LogP contribution < -0.4 is 0 Å². The average Bonchev–Trinajstić information content (AvgIpc) is 2.66. The van der Waals surface area contributed by atoms with Crippen molar-refractivity contribution in [3.8, 4) is 11.1 Å². The summed E-state index contributed by atoms with van der Waals surface area (Å²) in [5, 5.41) is 9.85. The van der Waals surface area contributed by atoms with E-state index in [-0.39, 0.29) is 18.5 Å². The third kappa shape index (κ3) is 5.69. The standard InChI is InChI=1S/C21H24ClNO3.ClH/c1-15(21(24)25)23-11-9-19(10-12-23)26-14-17-5-2-3-8-20(17)16-6-4-7-18(22)13-16;/h2-8,13,15,19H,9-12,14H2,1H3,(H,24,25);1H. The fourth-order valence-corrected chi connectivity index (χ4v) is 3.57. The van der Waals surface area contributed by atoms with Crippen LogP contribution in [-0.4, -0.2) is 41.2 Å². The largest absolute Gasteiger partial charge is 0.480 e. The molecule has 1 N–H and O–H groups in total. The summed E-state index contributed by atoms with van der Waals surface area (Å²) in [6.45, 7) is 3.80. The molecule has 0 amide bonds. The number of carbonyl (C=O) groups is 1. The van der Waals surface area contributed by atoms with Crippen molar-refractivity contribution in [1.29, 1.82) is 0 Å². The SMILES string of the molecule is CC(C(=O)O)N1CCC(OCc2ccccc2-c2cccc(Cl)c2)CC1.Cl. The molecule has 146 valence electrons. The lowest BCUT2D eigenvalue weighted by Gasteiger charge is -2.34. The molecule has 2 aromatic rings. The van der Waals surface area contributed by atoms with E-state index in [2.05, 4.69) is 18.2 Å². The Labute approximate surface area is 171 Å². The topological polar surface area (TPSA) is 49.8 Å². The number of benzene rings is 2. The molecule has 6 heteroatoms. The van der Waals surface area contributed by atoms with E-state index in [1.165, 1.54) is 0 Å². The lowest BCUT2D eigenvalue weighted by atomic mass is 10.00. The van der Waals surface area contributed by atoms with Gasteiger partial charge in [0, 0.05) is 18.1 Å². The minimum Gasteiger partial charge on any atom is -0.480 e. The first-order valence-electron chi connectivity index (χ1n) is 8.97. The normalized spacial score (nSPS) is 16.5. The van der Waals surface area contributed by atoms with Gasteiger partial charge in [0.15, 0.2) is 0 Å². The summed E-state index contributed by atoms with van der Waals surface area (Å²) >= 11 is 6.13. The number of nitrogens with zero attached hydrogens (tertiary/aromatic N) is 1. The van der Waals surface area contributed by atoms with Crippen LogP contribution in [0, 0.1) is 0 Å². The fraction of sp³-hybridized carbons (Fsp3) is 0.381. The number of hydrogen-bond acceptors (Lipinski definition) is 3. The van der Waals surface area contributed by atoms with Gasteiger partial charge >= 0.3 is 5.97 Å². The van der Waals surface area contributed by atoms with Crippen molar-refractivity contribution < 1.29 is 14.6 Å². The number of likely N-dealkylation sites (tertiary alicyclic amines) is 1. The van der Waals surface area contributed by atoms with Crippen molar-refractivity contribution in [1.82, 2.24) is 4.90 Å². The Hall–Kier alpha value is -1.59. The van der Waals surface area contributed by atoms with Crippen LogP contribution in [0.4, 0.5) is 0 Å². The molecular formula is C21H25Cl2NO3. The molecule has 0 aromatic heterocycles. The number of halogens is 2. The zero-order valence-electron chi connectivity index (χ0n) is 15.3. The smallest absolute Gasteiger partial charge is 0.320 e. The van der Waals surface area contributed by atoms with E-state index >= 15 is 0 Å². The van der Waals surface area contributed by atoms with Crippen LogP contribution >= 0.6 is 24.0 Å². The lowest BCUT2D eigenvalue weighted by Crippen LogP contribution is -2.45. The molecule has 1 heterocycles. The van der Waals surface area contributed by atoms with Gasteiger partial charge in [0.1, 0.15) is 6.04 Å². The zero-order valence-corrected chi connectivity index (χ0v) is 16.9. The van der Waals surface area contributed by atoms with Gasteiger partial charge in [0.25, 0.3) is 0 Å². The van der Waals surface area contributed by atoms with E-state index in [4.69, 9.17) is 21.4 Å². The van der Waals surface area contributed by atoms with E-state index in [0.29, 0.717) is 6.61 Å². The zero-order chi connectivity index (χ0) is 18.5. The molecule has 0 aliphatic carbocycles. The van der Waals surface area contributed by atoms with Crippen molar-refractivity contribution in [2.45, 2.75) is 38.5 Å². The van der Waals surface area contributed by atoms with Gasteiger partial charge in [-0.2, -0.15) is 0 Å². The molecule has 0 radical (unpaired) electrons. The Morgan fingerprint density at radius 1 is 1.22 bits per heavy atom. The summed E-state index contributed by atoms with van der Waals surface area (Å²) in [4.78, 5) is 13.1. The highest BCUT2D eigenvalue weighted by Gasteiger charge is 2.26. The van der Waals surface area contributed by atoms with Gasteiger partial charge in [-0.1, -0.05) is 48.0 Å². The molecule has 4 nitrogen and oxygen atoms in total. The maximum atomic E-state index is 11.1. The Morgan fingerprint density at radius 3 is 2.59 bits per heavy atom. The van der Waals surface area contributed by atoms with Gasteiger partial charge in [-0.25, -0.2) is 0 Å². The summed E-state index contributed by atoms with van der Waals surface area (Å²) in [6.07, 6.45) is 1.88. The third-order valence-electron chi connectivity index (χ3n) is 5.01. The third-order valence-corrected chi connectivity index (χ3v) is 5.24. The highest BCUT2D eigenvalue weighted by Crippen LogP contribution is 2.27. The molecule has 27 heavy (non-hydrogen) atoms. The van der Waals surface area contributed by atoms with E-state index in [1.54, 1.807) is 6.92 Å². The van der Waals surface area contributed by atoms with Gasteiger partial charge in [-0.15, -0.1) is 12.4 Å². The van der Waals surface area contributed by atoms with Gasteiger partial charge in [0.2, 0.25) is 0 Å². The van der Waals surface area contributed by atoms with Crippen LogP contribution in [0.1, 0.15) is 25.3 Å². The molecule has 1 atom stereocenters. The maximum absolute atomic E-state index is 11.1. The molecule has 1 fully saturated rings. The maximum Gasteiger partial charge on any atom is 0.320 e. The summed E-state index contributed by atoms with van der Waals surface area (Å²) in [5.74, 6) is -0.764. The summed E-state index contributed by atoms with van der Waals surface area (Å²) in [6, 6.07) is 15.6. The van der Waals surface area contributed by atoms with Crippen LogP contribution in [0.2, 0.25) is 5.02 Å². The summed E-state index contributed by atoms with van der Waals surface area (Å²) < 4.78 is 6.14. The van der Waals surface area contributed by atoms with E-state index in [0.717, 1.165) is 47.6 Å². The molecule has 1 aliphatic heterocycles. The number of hydrogen-bond donors (Lipinski definition) is 1. The molecule has 1 aliphatic rings. The van der Waals surface area contributed by atoms with Crippen LogP contribution in [0.3, 0.4) is 0 Å². The van der Waals surface area contributed by atoms with Gasteiger partial charge in [-0.3, -0.25) is 9.69 Å². The van der Waals surface area contributed by atoms with Crippen molar-refractivity contribution >= 4 is 30.0 Å². The number of rotatable bonds is 6. The van der Waals surface area contributed by atoms with Crippen LogP contribution in [0.5, 0.6) is 0 Å². The average molecular weight is 410 g/mol.